The SMILES string of the molecule is N#Cc1ccc(Nc2cc(N3CCC4(CC3)OCCO4)ncn2)cc1. The molecule has 0 bridgehead atoms. The predicted molar refractivity (Wildman–Crippen MR) is 92.6 cm³/mol. The van der Waals surface area contributed by atoms with Gasteiger partial charge in [-0.2, -0.15) is 5.26 Å². The molecule has 2 fully saturated rings. The highest BCUT2D eigenvalue weighted by Crippen LogP contribution is 2.33. The number of nitriles is 1. The van der Waals surface area contributed by atoms with Crippen molar-refractivity contribution in [1.82, 2.24) is 9.97 Å². The van der Waals surface area contributed by atoms with Crippen molar-refractivity contribution in [2.45, 2.75) is 18.6 Å². The molecule has 7 heteroatoms. The van der Waals surface area contributed by atoms with E-state index in [0.29, 0.717) is 18.8 Å². The number of hydrogen-bond donors (Lipinski definition) is 1. The molecule has 2 aliphatic heterocycles. The lowest BCUT2D eigenvalue weighted by atomic mass is 10.0. The molecule has 0 atom stereocenters. The summed E-state index contributed by atoms with van der Waals surface area (Å²) in [5.74, 6) is 1.23. The van der Waals surface area contributed by atoms with E-state index in [1.807, 2.05) is 18.2 Å². The van der Waals surface area contributed by atoms with Crippen molar-refractivity contribution in [3.63, 3.8) is 0 Å². The maximum atomic E-state index is 8.86. The lowest BCUT2D eigenvalue weighted by Gasteiger charge is -2.38. The molecule has 4 rings (SSSR count). The van der Waals surface area contributed by atoms with E-state index < -0.39 is 0 Å². The number of piperidine rings is 1. The lowest BCUT2D eigenvalue weighted by Crippen LogP contribution is -2.45. The molecule has 0 aliphatic carbocycles. The standard InChI is InChI=1S/C18H19N5O2/c19-12-14-1-3-15(4-2-14)22-16-11-17(21-13-20-16)23-7-5-18(6-8-23)24-9-10-25-18/h1-4,11,13H,5-10H2,(H,20,21,22). The Labute approximate surface area is 146 Å². The Morgan fingerprint density at radius 3 is 2.48 bits per heavy atom. The number of nitrogens with one attached hydrogen (secondary N) is 1. The summed E-state index contributed by atoms with van der Waals surface area (Å²) in [7, 11) is 0. The molecule has 0 saturated carbocycles. The fourth-order valence-corrected chi connectivity index (χ4v) is 3.23. The molecular weight excluding hydrogens is 318 g/mol. The first kappa shape index (κ1) is 15.8. The fraction of sp³-hybridized carbons (Fsp3) is 0.389. The zero-order valence-corrected chi connectivity index (χ0v) is 13.8. The number of anilines is 3. The van der Waals surface area contributed by atoms with Gasteiger partial charge in [0.25, 0.3) is 0 Å². The second kappa shape index (κ2) is 6.67. The molecule has 2 aliphatic rings. The van der Waals surface area contributed by atoms with Gasteiger partial charge in [0, 0.05) is 37.7 Å². The van der Waals surface area contributed by atoms with E-state index >= 15 is 0 Å². The summed E-state index contributed by atoms with van der Waals surface area (Å²) < 4.78 is 11.5. The third kappa shape index (κ3) is 3.40. The van der Waals surface area contributed by atoms with E-state index in [4.69, 9.17) is 14.7 Å². The minimum Gasteiger partial charge on any atom is -0.356 e. The van der Waals surface area contributed by atoms with Crippen LogP contribution in [0.5, 0.6) is 0 Å². The maximum absolute atomic E-state index is 8.86. The summed E-state index contributed by atoms with van der Waals surface area (Å²) in [6, 6.07) is 11.3. The normalized spacial score (nSPS) is 18.9. The quantitative estimate of drug-likeness (QED) is 0.921. The first-order valence-corrected chi connectivity index (χ1v) is 8.38. The molecule has 128 valence electrons. The number of aromatic nitrogens is 2. The second-order valence-corrected chi connectivity index (χ2v) is 6.17. The van der Waals surface area contributed by atoms with E-state index in [0.717, 1.165) is 43.3 Å². The van der Waals surface area contributed by atoms with Gasteiger partial charge in [-0.3, -0.25) is 0 Å². The number of benzene rings is 1. The molecular formula is C18H19N5O2. The molecule has 1 spiro atoms. The molecule has 0 radical (unpaired) electrons. The number of rotatable bonds is 3. The van der Waals surface area contributed by atoms with Crippen LogP contribution in [0.15, 0.2) is 36.7 Å². The van der Waals surface area contributed by atoms with Crippen LogP contribution in [-0.4, -0.2) is 42.1 Å². The molecule has 1 N–H and O–H groups in total. The molecule has 7 nitrogen and oxygen atoms in total. The molecule has 2 saturated heterocycles. The van der Waals surface area contributed by atoms with Crippen molar-refractivity contribution in [3.8, 4) is 6.07 Å². The van der Waals surface area contributed by atoms with Crippen molar-refractivity contribution >= 4 is 17.3 Å². The monoisotopic (exact) mass is 337 g/mol. The maximum Gasteiger partial charge on any atom is 0.171 e. The zero-order chi connectivity index (χ0) is 17.1. The van der Waals surface area contributed by atoms with Gasteiger partial charge in [0.05, 0.1) is 24.8 Å². The molecule has 0 unspecified atom stereocenters. The first-order chi connectivity index (χ1) is 12.3. The predicted octanol–water partition coefficient (Wildman–Crippen LogP) is 2.44. The van der Waals surface area contributed by atoms with Crippen molar-refractivity contribution < 1.29 is 9.47 Å². The summed E-state index contributed by atoms with van der Waals surface area (Å²) in [6.45, 7) is 3.05. The average molecular weight is 337 g/mol. The van der Waals surface area contributed by atoms with Gasteiger partial charge in [-0.15, -0.1) is 0 Å². The summed E-state index contributed by atoms with van der Waals surface area (Å²) in [5.41, 5.74) is 1.52. The van der Waals surface area contributed by atoms with Crippen molar-refractivity contribution in [2.24, 2.45) is 0 Å². The van der Waals surface area contributed by atoms with E-state index in [1.165, 1.54) is 0 Å². The highest BCUT2D eigenvalue weighted by molar-refractivity contribution is 5.60. The molecule has 1 aromatic carbocycles. The third-order valence-electron chi connectivity index (χ3n) is 4.60. The average Bonchev–Trinajstić information content (AvgIpc) is 3.11. The van der Waals surface area contributed by atoms with Crippen LogP contribution < -0.4 is 10.2 Å². The molecule has 2 aromatic rings. The van der Waals surface area contributed by atoms with Crippen molar-refractivity contribution in [3.05, 3.63) is 42.2 Å². The Kier molecular flexibility index (Phi) is 4.22. The van der Waals surface area contributed by atoms with Crippen LogP contribution in [0, 0.1) is 11.3 Å². The van der Waals surface area contributed by atoms with Gasteiger partial charge in [0.15, 0.2) is 5.79 Å². The van der Waals surface area contributed by atoms with E-state index in [2.05, 4.69) is 26.3 Å². The first-order valence-electron chi connectivity index (χ1n) is 8.38. The lowest BCUT2D eigenvalue weighted by molar-refractivity contribution is -0.169. The highest BCUT2D eigenvalue weighted by Gasteiger charge is 2.40. The van der Waals surface area contributed by atoms with Gasteiger partial charge in [0.1, 0.15) is 18.0 Å². The summed E-state index contributed by atoms with van der Waals surface area (Å²) in [5, 5.41) is 12.1. The third-order valence-corrected chi connectivity index (χ3v) is 4.60. The zero-order valence-electron chi connectivity index (χ0n) is 13.8. The summed E-state index contributed by atoms with van der Waals surface area (Å²) in [6.07, 6.45) is 3.25. The highest BCUT2D eigenvalue weighted by atomic mass is 16.7. The molecule has 1 aromatic heterocycles. The Morgan fingerprint density at radius 1 is 1.08 bits per heavy atom. The van der Waals surface area contributed by atoms with E-state index in [9.17, 15) is 0 Å². The van der Waals surface area contributed by atoms with E-state index in [1.54, 1.807) is 18.5 Å². The summed E-state index contributed by atoms with van der Waals surface area (Å²) in [4.78, 5) is 10.9. The van der Waals surface area contributed by atoms with Gasteiger partial charge in [0.2, 0.25) is 0 Å². The van der Waals surface area contributed by atoms with Crippen LogP contribution >= 0.6 is 0 Å². The van der Waals surface area contributed by atoms with Crippen molar-refractivity contribution in [2.75, 3.05) is 36.5 Å². The largest absolute Gasteiger partial charge is 0.356 e. The van der Waals surface area contributed by atoms with Gasteiger partial charge in [-0.05, 0) is 24.3 Å². The van der Waals surface area contributed by atoms with E-state index in [-0.39, 0.29) is 5.79 Å². The molecule has 25 heavy (non-hydrogen) atoms. The number of hydrogen-bond acceptors (Lipinski definition) is 7. The molecule has 0 amide bonds. The minimum atomic E-state index is -0.382. The van der Waals surface area contributed by atoms with Crippen LogP contribution in [0.2, 0.25) is 0 Å². The van der Waals surface area contributed by atoms with Crippen LogP contribution in [-0.2, 0) is 9.47 Å². The second-order valence-electron chi connectivity index (χ2n) is 6.17. The van der Waals surface area contributed by atoms with Crippen LogP contribution in [0.25, 0.3) is 0 Å². The topological polar surface area (TPSA) is 83.3 Å². The van der Waals surface area contributed by atoms with Gasteiger partial charge in [-0.25, -0.2) is 9.97 Å². The fourth-order valence-electron chi connectivity index (χ4n) is 3.23. The van der Waals surface area contributed by atoms with Gasteiger partial charge < -0.3 is 19.7 Å². The molecule has 3 heterocycles. The van der Waals surface area contributed by atoms with Crippen molar-refractivity contribution in [1.29, 1.82) is 5.26 Å². The van der Waals surface area contributed by atoms with Crippen LogP contribution in [0.4, 0.5) is 17.3 Å². The smallest absolute Gasteiger partial charge is 0.171 e. The Morgan fingerprint density at radius 2 is 1.80 bits per heavy atom. The van der Waals surface area contributed by atoms with Crippen LogP contribution in [0.1, 0.15) is 18.4 Å². The minimum absolute atomic E-state index is 0.382. The van der Waals surface area contributed by atoms with Gasteiger partial charge in [-0.1, -0.05) is 0 Å². The number of ether oxygens (including phenoxy) is 2. The Hall–Kier alpha value is -2.69. The number of nitrogens with zero attached hydrogens (tertiary/aromatic N) is 4. The summed E-state index contributed by atoms with van der Waals surface area (Å²) >= 11 is 0. The Bertz CT molecular complexity index is 771. The Balaban J connectivity index is 1.43. The van der Waals surface area contributed by atoms with Crippen LogP contribution in [0.3, 0.4) is 0 Å². The van der Waals surface area contributed by atoms with Gasteiger partial charge >= 0.3 is 0 Å².